The van der Waals surface area contributed by atoms with Crippen molar-refractivity contribution in [2.45, 2.75) is 31.5 Å². The minimum absolute atomic E-state index is 0.221. The molecule has 0 spiro atoms. The van der Waals surface area contributed by atoms with Gasteiger partial charge in [0.25, 0.3) is 0 Å². The maximum absolute atomic E-state index is 13.5. The Balaban J connectivity index is 2.26. The van der Waals surface area contributed by atoms with Gasteiger partial charge in [0.2, 0.25) is 5.82 Å². The zero-order valence-corrected chi connectivity index (χ0v) is 10.8. The van der Waals surface area contributed by atoms with E-state index in [1.54, 1.807) is 0 Å². The van der Waals surface area contributed by atoms with Crippen molar-refractivity contribution in [1.82, 2.24) is 0 Å². The summed E-state index contributed by atoms with van der Waals surface area (Å²) in [5.74, 6) is -2.12. The Morgan fingerprint density at radius 1 is 1.55 bits per heavy atom. The number of ether oxygens (including phenoxy) is 1. The van der Waals surface area contributed by atoms with Crippen molar-refractivity contribution < 1.29 is 18.4 Å². The molecule has 0 radical (unpaired) electrons. The van der Waals surface area contributed by atoms with E-state index < -0.39 is 28.3 Å². The second kappa shape index (κ2) is 5.68. The Hall–Kier alpha value is -1.80. The van der Waals surface area contributed by atoms with Crippen LogP contribution in [-0.4, -0.2) is 29.7 Å². The number of rotatable bonds is 5. The van der Waals surface area contributed by atoms with E-state index >= 15 is 0 Å². The third kappa shape index (κ3) is 2.70. The standard InChI is InChI=1S/C12H15F2N3O3/c1-2-20-10-5-8(15)11(10)16-9-4-6(13)3-7(14)12(9)17(18)19/h3-4,8,10-11,16H,2,5,15H2,1H3. The third-order valence-electron chi connectivity index (χ3n) is 3.28. The fourth-order valence-corrected chi connectivity index (χ4v) is 2.27. The molecule has 0 bridgehead atoms. The number of hydrogen-bond donors (Lipinski definition) is 2. The summed E-state index contributed by atoms with van der Waals surface area (Å²) >= 11 is 0. The zero-order valence-electron chi connectivity index (χ0n) is 10.8. The van der Waals surface area contributed by atoms with E-state index in [1.807, 2.05) is 6.92 Å². The lowest BCUT2D eigenvalue weighted by molar-refractivity contribution is -0.386. The lowest BCUT2D eigenvalue weighted by Crippen LogP contribution is -2.60. The second-order valence-electron chi connectivity index (χ2n) is 4.60. The van der Waals surface area contributed by atoms with E-state index in [4.69, 9.17) is 10.5 Å². The normalized spacial score (nSPS) is 25.1. The molecule has 1 aromatic rings. The number of nitro benzene ring substituents is 1. The van der Waals surface area contributed by atoms with Crippen LogP contribution in [0, 0.1) is 21.7 Å². The number of anilines is 1. The highest BCUT2D eigenvalue weighted by Gasteiger charge is 2.40. The molecule has 0 saturated heterocycles. The van der Waals surface area contributed by atoms with Crippen molar-refractivity contribution >= 4 is 11.4 Å². The van der Waals surface area contributed by atoms with Gasteiger partial charge in [0.1, 0.15) is 11.5 Å². The molecule has 20 heavy (non-hydrogen) atoms. The first-order valence-corrected chi connectivity index (χ1v) is 6.21. The van der Waals surface area contributed by atoms with Gasteiger partial charge < -0.3 is 15.8 Å². The van der Waals surface area contributed by atoms with E-state index in [0.29, 0.717) is 19.1 Å². The zero-order chi connectivity index (χ0) is 14.9. The molecule has 110 valence electrons. The van der Waals surface area contributed by atoms with Crippen LogP contribution in [-0.2, 0) is 4.74 Å². The van der Waals surface area contributed by atoms with Gasteiger partial charge in [0.05, 0.1) is 17.1 Å². The SMILES string of the molecule is CCOC1CC(N)C1Nc1cc(F)cc(F)c1[N+](=O)[O-]. The average Bonchev–Trinajstić information content (AvgIpc) is 2.34. The summed E-state index contributed by atoms with van der Waals surface area (Å²) in [6.45, 7) is 2.28. The highest BCUT2D eigenvalue weighted by molar-refractivity contribution is 5.63. The van der Waals surface area contributed by atoms with E-state index in [-0.39, 0.29) is 17.8 Å². The largest absolute Gasteiger partial charge is 0.376 e. The molecule has 0 amide bonds. The Bertz CT molecular complexity index is 525. The fourth-order valence-electron chi connectivity index (χ4n) is 2.27. The van der Waals surface area contributed by atoms with E-state index in [1.165, 1.54) is 0 Å². The van der Waals surface area contributed by atoms with Crippen LogP contribution >= 0.6 is 0 Å². The molecule has 8 heteroatoms. The molecule has 2 rings (SSSR count). The van der Waals surface area contributed by atoms with Crippen molar-refractivity contribution in [3.8, 4) is 0 Å². The highest BCUT2D eigenvalue weighted by Crippen LogP contribution is 2.33. The van der Waals surface area contributed by atoms with Crippen LogP contribution in [0.4, 0.5) is 20.2 Å². The molecular weight excluding hydrogens is 272 g/mol. The molecule has 0 aromatic heterocycles. The van der Waals surface area contributed by atoms with E-state index in [0.717, 1.165) is 6.07 Å². The van der Waals surface area contributed by atoms with Crippen LogP contribution in [0.2, 0.25) is 0 Å². The molecule has 0 heterocycles. The number of halogens is 2. The van der Waals surface area contributed by atoms with Gasteiger partial charge in [0.15, 0.2) is 0 Å². The minimum atomic E-state index is -1.22. The molecule has 3 N–H and O–H groups in total. The Morgan fingerprint density at radius 3 is 2.80 bits per heavy atom. The highest BCUT2D eigenvalue weighted by atomic mass is 19.1. The third-order valence-corrected chi connectivity index (χ3v) is 3.28. The number of nitrogens with two attached hydrogens (primary N) is 1. The molecule has 1 aliphatic rings. The second-order valence-corrected chi connectivity index (χ2v) is 4.60. The Labute approximate surface area is 114 Å². The lowest BCUT2D eigenvalue weighted by atomic mass is 9.83. The summed E-state index contributed by atoms with van der Waals surface area (Å²) in [5.41, 5.74) is 4.78. The molecule has 6 nitrogen and oxygen atoms in total. The number of nitrogens with one attached hydrogen (secondary N) is 1. The number of hydrogen-bond acceptors (Lipinski definition) is 5. The van der Waals surface area contributed by atoms with Crippen molar-refractivity contribution in [3.63, 3.8) is 0 Å². The number of benzene rings is 1. The lowest BCUT2D eigenvalue weighted by Gasteiger charge is -2.42. The summed E-state index contributed by atoms with van der Waals surface area (Å²) in [4.78, 5) is 9.98. The van der Waals surface area contributed by atoms with Gasteiger partial charge in [-0.3, -0.25) is 10.1 Å². The van der Waals surface area contributed by atoms with Crippen LogP contribution in [0.3, 0.4) is 0 Å². The van der Waals surface area contributed by atoms with Gasteiger partial charge in [-0.2, -0.15) is 4.39 Å². The van der Waals surface area contributed by atoms with Crippen molar-refractivity contribution in [3.05, 3.63) is 33.9 Å². The summed E-state index contributed by atoms with van der Waals surface area (Å²) < 4.78 is 32.1. The Morgan fingerprint density at radius 2 is 2.25 bits per heavy atom. The maximum Gasteiger partial charge on any atom is 0.327 e. The summed E-state index contributed by atoms with van der Waals surface area (Å²) in [6, 6.07) is 0.673. The molecule has 1 fully saturated rings. The smallest absolute Gasteiger partial charge is 0.327 e. The molecule has 0 aliphatic heterocycles. The molecule has 1 aliphatic carbocycles. The first-order chi connectivity index (χ1) is 9.43. The van der Waals surface area contributed by atoms with Gasteiger partial charge in [-0.1, -0.05) is 0 Å². The van der Waals surface area contributed by atoms with Gasteiger partial charge in [-0.15, -0.1) is 0 Å². The monoisotopic (exact) mass is 287 g/mol. The predicted octanol–water partition coefficient (Wildman–Crippen LogP) is 1.79. The quantitative estimate of drug-likeness (QED) is 0.636. The summed E-state index contributed by atoms with van der Waals surface area (Å²) in [7, 11) is 0. The fraction of sp³-hybridized carbons (Fsp3) is 0.500. The number of nitrogens with zero attached hydrogens (tertiary/aromatic N) is 1. The van der Waals surface area contributed by atoms with Crippen LogP contribution in [0.1, 0.15) is 13.3 Å². The van der Waals surface area contributed by atoms with Crippen LogP contribution in [0.5, 0.6) is 0 Å². The van der Waals surface area contributed by atoms with Gasteiger partial charge in [-0.05, 0) is 13.3 Å². The predicted molar refractivity (Wildman–Crippen MR) is 68.4 cm³/mol. The van der Waals surface area contributed by atoms with Crippen LogP contribution in [0.25, 0.3) is 0 Å². The van der Waals surface area contributed by atoms with Gasteiger partial charge >= 0.3 is 5.69 Å². The molecule has 1 aromatic carbocycles. The number of nitro groups is 1. The topological polar surface area (TPSA) is 90.4 Å². The first-order valence-electron chi connectivity index (χ1n) is 6.21. The molecule has 1 saturated carbocycles. The van der Waals surface area contributed by atoms with Crippen LogP contribution < -0.4 is 11.1 Å². The van der Waals surface area contributed by atoms with Gasteiger partial charge in [0, 0.05) is 24.8 Å². The summed E-state index contributed by atoms with van der Waals surface area (Å²) in [5, 5.41) is 13.6. The van der Waals surface area contributed by atoms with Crippen molar-refractivity contribution in [2.75, 3.05) is 11.9 Å². The average molecular weight is 287 g/mol. The van der Waals surface area contributed by atoms with Crippen molar-refractivity contribution in [1.29, 1.82) is 0 Å². The van der Waals surface area contributed by atoms with Gasteiger partial charge in [-0.25, -0.2) is 4.39 Å². The molecule has 3 unspecified atom stereocenters. The Kier molecular flexibility index (Phi) is 4.15. The molecule has 3 atom stereocenters. The minimum Gasteiger partial charge on any atom is -0.376 e. The van der Waals surface area contributed by atoms with Crippen LogP contribution in [0.15, 0.2) is 12.1 Å². The maximum atomic E-state index is 13.5. The summed E-state index contributed by atoms with van der Waals surface area (Å²) in [6.07, 6.45) is 0.373. The van der Waals surface area contributed by atoms with E-state index in [2.05, 4.69) is 5.32 Å². The van der Waals surface area contributed by atoms with E-state index in [9.17, 15) is 18.9 Å². The van der Waals surface area contributed by atoms with Crippen molar-refractivity contribution in [2.24, 2.45) is 5.73 Å². The first kappa shape index (κ1) is 14.6. The molecular formula is C12H15F2N3O3.